The number of nitrogens with one attached hydrogen (secondary N) is 1. The van der Waals surface area contributed by atoms with Gasteiger partial charge in [-0.15, -0.1) is 11.3 Å². The average Bonchev–Trinajstić information content (AvgIpc) is 3.33. The summed E-state index contributed by atoms with van der Waals surface area (Å²) in [6.07, 6.45) is 3.27. The first-order chi connectivity index (χ1) is 14.3. The van der Waals surface area contributed by atoms with E-state index in [1.54, 1.807) is 4.57 Å². The fraction of sp³-hybridized carbons (Fsp3) is 0.667. The molecule has 1 fully saturated rings. The van der Waals surface area contributed by atoms with E-state index in [1.807, 2.05) is 20.8 Å². The third kappa shape index (κ3) is 3.98. The summed E-state index contributed by atoms with van der Waals surface area (Å²) >= 11 is 1.46. The van der Waals surface area contributed by atoms with Gasteiger partial charge < -0.3 is 14.8 Å². The van der Waals surface area contributed by atoms with E-state index in [-0.39, 0.29) is 29.7 Å². The maximum absolute atomic E-state index is 13.4. The molecule has 30 heavy (non-hydrogen) atoms. The number of carbonyl (C=O) groups is 1. The highest BCUT2D eigenvalue weighted by Crippen LogP contribution is 2.37. The normalized spacial score (nSPS) is 20.4. The van der Waals surface area contributed by atoms with Crippen molar-refractivity contribution in [2.45, 2.75) is 77.9 Å². The van der Waals surface area contributed by atoms with Gasteiger partial charge in [-0.1, -0.05) is 6.92 Å². The predicted molar refractivity (Wildman–Crippen MR) is 115 cm³/mol. The highest BCUT2D eigenvalue weighted by Gasteiger charge is 2.32. The van der Waals surface area contributed by atoms with Crippen LogP contribution in [0.5, 0.6) is 0 Å². The molecule has 8 nitrogen and oxygen atoms in total. The molecule has 0 spiro atoms. The molecule has 0 aliphatic carbocycles. The van der Waals surface area contributed by atoms with Crippen molar-refractivity contribution in [3.8, 4) is 0 Å². The van der Waals surface area contributed by atoms with Crippen LogP contribution in [0.25, 0.3) is 10.2 Å². The zero-order valence-electron chi connectivity index (χ0n) is 17.8. The van der Waals surface area contributed by atoms with Crippen LogP contribution in [-0.2, 0) is 40.4 Å². The molecule has 1 atom stereocenters. The van der Waals surface area contributed by atoms with Gasteiger partial charge in [-0.2, -0.15) is 0 Å². The zero-order valence-corrected chi connectivity index (χ0v) is 18.6. The molecule has 2 aliphatic heterocycles. The van der Waals surface area contributed by atoms with Gasteiger partial charge in [0.25, 0.3) is 5.56 Å². The molecular weight excluding hydrogens is 406 g/mol. The SMILES string of the molecule is CCCn1c(=O)n(CC(=O)NCC2CCCO2)c(=O)c2c3c(sc21)COC(C)(C)C3. The molecular formula is C21H29N3O5S. The molecule has 1 unspecified atom stereocenters. The van der Waals surface area contributed by atoms with Crippen molar-refractivity contribution in [1.82, 2.24) is 14.5 Å². The van der Waals surface area contributed by atoms with Crippen molar-refractivity contribution in [1.29, 1.82) is 0 Å². The summed E-state index contributed by atoms with van der Waals surface area (Å²) in [5.74, 6) is -0.347. The fourth-order valence-corrected chi connectivity index (χ4v) is 5.44. The van der Waals surface area contributed by atoms with Crippen LogP contribution in [0.2, 0.25) is 0 Å². The summed E-state index contributed by atoms with van der Waals surface area (Å²) in [7, 11) is 0. The first kappa shape index (κ1) is 21.3. The Morgan fingerprint density at radius 3 is 2.80 bits per heavy atom. The Balaban J connectivity index is 1.73. The van der Waals surface area contributed by atoms with Gasteiger partial charge in [0.2, 0.25) is 5.91 Å². The van der Waals surface area contributed by atoms with E-state index in [0.717, 1.165) is 34.3 Å². The van der Waals surface area contributed by atoms with E-state index in [4.69, 9.17) is 9.47 Å². The summed E-state index contributed by atoms with van der Waals surface area (Å²) in [6, 6.07) is 0. The second-order valence-corrected chi connectivity index (χ2v) is 9.76. The Hall–Kier alpha value is -1.97. The number of rotatable bonds is 6. The molecule has 2 aliphatic rings. The summed E-state index contributed by atoms with van der Waals surface area (Å²) < 4.78 is 14.1. The van der Waals surface area contributed by atoms with Crippen molar-refractivity contribution in [3.05, 3.63) is 31.3 Å². The van der Waals surface area contributed by atoms with E-state index >= 15 is 0 Å². The Morgan fingerprint density at radius 2 is 2.10 bits per heavy atom. The van der Waals surface area contributed by atoms with Crippen LogP contribution in [-0.4, -0.2) is 39.9 Å². The number of aromatic nitrogens is 2. The first-order valence-corrected chi connectivity index (χ1v) is 11.4. The van der Waals surface area contributed by atoms with Gasteiger partial charge in [-0.05, 0) is 38.7 Å². The van der Waals surface area contributed by atoms with Gasteiger partial charge in [0.1, 0.15) is 11.4 Å². The van der Waals surface area contributed by atoms with E-state index in [1.165, 1.54) is 11.3 Å². The number of amides is 1. The largest absolute Gasteiger partial charge is 0.376 e. The molecule has 0 radical (unpaired) electrons. The number of ether oxygens (including phenoxy) is 2. The lowest BCUT2D eigenvalue weighted by molar-refractivity contribution is -0.122. The minimum absolute atomic E-state index is 0.0102. The average molecular weight is 436 g/mol. The molecule has 2 aromatic heterocycles. The molecule has 4 heterocycles. The molecule has 164 valence electrons. The summed E-state index contributed by atoms with van der Waals surface area (Å²) in [5.41, 5.74) is -0.234. The van der Waals surface area contributed by atoms with Gasteiger partial charge in [0, 0.05) is 31.0 Å². The van der Waals surface area contributed by atoms with Gasteiger partial charge in [-0.3, -0.25) is 18.7 Å². The second kappa shape index (κ2) is 8.28. The van der Waals surface area contributed by atoms with E-state index in [2.05, 4.69) is 5.32 Å². The Labute approximate surface area is 178 Å². The third-order valence-electron chi connectivity index (χ3n) is 5.73. The summed E-state index contributed by atoms with van der Waals surface area (Å²) in [6.45, 7) is 7.74. The van der Waals surface area contributed by atoms with Gasteiger partial charge >= 0.3 is 5.69 Å². The molecule has 2 aromatic rings. The van der Waals surface area contributed by atoms with E-state index < -0.39 is 5.69 Å². The van der Waals surface area contributed by atoms with Crippen molar-refractivity contribution >= 4 is 27.5 Å². The predicted octanol–water partition coefficient (Wildman–Crippen LogP) is 1.78. The van der Waals surface area contributed by atoms with Crippen molar-refractivity contribution in [3.63, 3.8) is 0 Å². The topological polar surface area (TPSA) is 91.6 Å². The number of nitrogens with zero attached hydrogens (tertiary/aromatic N) is 2. The lowest BCUT2D eigenvalue weighted by atomic mass is 9.94. The lowest BCUT2D eigenvalue weighted by Crippen LogP contribution is -2.45. The molecule has 9 heteroatoms. The molecule has 0 aromatic carbocycles. The smallest absolute Gasteiger partial charge is 0.332 e. The second-order valence-electron chi connectivity index (χ2n) is 8.67. The van der Waals surface area contributed by atoms with Crippen LogP contribution < -0.4 is 16.6 Å². The number of thiophene rings is 1. The number of aryl methyl sites for hydroxylation is 1. The lowest BCUT2D eigenvalue weighted by Gasteiger charge is -2.29. The van der Waals surface area contributed by atoms with Crippen molar-refractivity contribution < 1.29 is 14.3 Å². The number of hydrogen-bond acceptors (Lipinski definition) is 6. The van der Waals surface area contributed by atoms with Crippen LogP contribution in [0.3, 0.4) is 0 Å². The number of fused-ring (bicyclic) bond motifs is 3. The van der Waals surface area contributed by atoms with Gasteiger partial charge in [0.05, 0.1) is 23.7 Å². The monoisotopic (exact) mass is 435 g/mol. The van der Waals surface area contributed by atoms with Crippen molar-refractivity contribution in [2.75, 3.05) is 13.2 Å². The van der Waals surface area contributed by atoms with Crippen molar-refractivity contribution in [2.24, 2.45) is 0 Å². The van der Waals surface area contributed by atoms with Crippen LogP contribution in [0, 0.1) is 0 Å². The van der Waals surface area contributed by atoms with E-state index in [0.29, 0.717) is 42.9 Å². The Bertz CT molecular complexity index is 1070. The summed E-state index contributed by atoms with van der Waals surface area (Å²) in [5, 5.41) is 3.37. The van der Waals surface area contributed by atoms with Gasteiger partial charge in [0.15, 0.2) is 0 Å². The maximum Gasteiger partial charge on any atom is 0.332 e. The fourth-order valence-electron chi connectivity index (χ4n) is 4.20. The van der Waals surface area contributed by atoms with Crippen LogP contribution in [0.1, 0.15) is 50.5 Å². The van der Waals surface area contributed by atoms with Crippen LogP contribution in [0.15, 0.2) is 9.59 Å². The molecule has 1 saturated heterocycles. The quantitative estimate of drug-likeness (QED) is 0.747. The third-order valence-corrected chi connectivity index (χ3v) is 6.96. The zero-order chi connectivity index (χ0) is 21.5. The van der Waals surface area contributed by atoms with E-state index in [9.17, 15) is 14.4 Å². The molecule has 1 amide bonds. The minimum atomic E-state index is -0.430. The molecule has 0 bridgehead atoms. The minimum Gasteiger partial charge on any atom is -0.376 e. The van der Waals surface area contributed by atoms with Crippen LogP contribution in [0.4, 0.5) is 0 Å². The maximum atomic E-state index is 13.4. The Morgan fingerprint density at radius 1 is 1.30 bits per heavy atom. The summed E-state index contributed by atoms with van der Waals surface area (Å²) in [4.78, 5) is 40.7. The highest BCUT2D eigenvalue weighted by atomic mass is 32.1. The number of hydrogen-bond donors (Lipinski definition) is 1. The highest BCUT2D eigenvalue weighted by molar-refractivity contribution is 7.18. The number of carbonyl (C=O) groups excluding carboxylic acids is 1. The molecule has 4 rings (SSSR count). The molecule has 1 N–H and O–H groups in total. The van der Waals surface area contributed by atoms with Crippen LogP contribution >= 0.6 is 11.3 Å². The molecule has 0 saturated carbocycles. The van der Waals surface area contributed by atoms with Gasteiger partial charge in [-0.25, -0.2) is 4.79 Å². The first-order valence-electron chi connectivity index (χ1n) is 10.6. The Kier molecular flexibility index (Phi) is 5.87. The standard InChI is InChI=1S/C21H29N3O5S/c1-4-7-23-19-17(14-9-21(2,3)29-12-15(14)30-19)18(26)24(20(23)27)11-16(25)22-10-13-6-5-8-28-13/h13H,4-12H2,1-3H3,(H,22,25).